The minimum Gasteiger partial charge on any atom is -0.462 e. The molecule has 1 aliphatic heterocycles. The Morgan fingerprint density at radius 3 is 1.56 bits per heavy atom. The summed E-state index contributed by atoms with van der Waals surface area (Å²) in [7, 11) is 0. The minimum absolute atomic E-state index is 0.169. The molecule has 0 aromatic rings. The van der Waals surface area contributed by atoms with E-state index in [1.54, 1.807) is 0 Å². The van der Waals surface area contributed by atoms with Gasteiger partial charge in [0.25, 0.3) is 0 Å². The Kier molecular flexibility index (Phi) is 34.0. The molecule has 1 rings (SSSR count). The lowest BCUT2D eigenvalue weighted by Gasteiger charge is -2.39. The highest BCUT2D eigenvalue weighted by Gasteiger charge is 2.44. The van der Waals surface area contributed by atoms with Crippen molar-refractivity contribution in [3.05, 3.63) is 24.3 Å². The molecule has 0 amide bonds. The summed E-state index contributed by atoms with van der Waals surface area (Å²) >= 11 is 0. The van der Waals surface area contributed by atoms with Gasteiger partial charge < -0.3 is 39.4 Å². The highest BCUT2D eigenvalue weighted by atomic mass is 16.7. The highest BCUT2D eigenvalue weighted by molar-refractivity contribution is 5.70. The van der Waals surface area contributed by atoms with Crippen LogP contribution in [0.1, 0.15) is 194 Å². The summed E-state index contributed by atoms with van der Waals surface area (Å²) in [6.07, 6.45) is 31.9. The summed E-state index contributed by atoms with van der Waals surface area (Å²) < 4.78 is 22.1. The van der Waals surface area contributed by atoms with Gasteiger partial charge >= 0.3 is 11.9 Å². The molecule has 10 nitrogen and oxygen atoms in total. The first-order valence-corrected chi connectivity index (χ1v) is 22.4. The van der Waals surface area contributed by atoms with E-state index in [0.29, 0.717) is 6.42 Å². The van der Waals surface area contributed by atoms with Gasteiger partial charge in [-0.25, -0.2) is 0 Å². The van der Waals surface area contributed by atoms with E-state index in [0.717, 1.165) is 38.5 Å². The van der Waals surface area contributed by atoms with Crippen LogP contribution in [-0.4, -0.2) is 89.0 Å². The van der Waals surface area contributed by atoms with Gasteiger partial charge in [-0.1, -0.05) is 167 Å². The Morgan fingerprint density at radius 1 is 0.564 bits per heavy atom. The number of aliphatic hydroxyl groups excluding tert-OH is 4. The molecule has 1 saturated heterocycles. The van der Waals surface area contributed by atoms with E-state index in [1.165, 1.54) is 122 Å². The Hall–Kier alpha value is -1.82. The summed E-state index contributed by atoms with van der Waals surface area (Å²) in [5.41, 5.74) is 0. The maximum absolute atomic E-state index is 12.7. The molecule has 1 fully saturated rings. The fourth-order valence-electron chi connectivity index (χ4n) is 6.76. The molecule has 0 aromatic heterocycles. The Morgan fingerprint density at radius 2 is 1.04 bits per heavy atom. The van der Waals surface area contributed by atoms with E-state index >= 15 is 0 Å². The normalized spacial score (nSPS) is 20.7. The topological polar surface area (TPSA) is 152 Å². The lowest BCUT2D eigenvalue weighted by molar-refractivity contribution is -0.305. The maximum Gasteiger partial charge on any atom is 0.306 e. The molecule has 0 bridgehead atoms. The number of aliphatic hydroxyl groups is 4. The van der Waals surface area contributed by atoms with E-state index in [2.05, 4.69) is 38.2 Å². The second-order valence-corrected chi connectivity index (χ2v) is 15.5. The number of carbonyl (C=O) groups is 2. The predicted octanol–water partition coefficient (Wildman–Crippen LogP) is 9.33. The second kappa shape index (κ2) is 36.5. The van der Waals surface area contributed by atoms with E-state index in [4.69, 9.17) is 18.9 Å². The Bertz CT molecular complexity index is 954. The van der Waals surface area contributed by atoms with Crippen LogP contribution in [-0.2, 0) is 28.5 Å². The number of esters is 2. The molecule has 322 valence electrons. The van der Waals surface area contributed by atoms with E-state index in [1.807, 2.05) is 0 Å². The SMILES string of the molecule is CCCCCCCCCCC/C=C/C/C=C/CCCC(=O)O[C@H](COC(=O)CCCCCCCCCCCCCCC)CO[C@@H]1O[C@H](CO)[C@H](O)C(O)C1O. The van der Waals surface area contributed by atoms with Gasteiger partial charge in [0.2, 0.25) is 0 Å². The summed E-state index contributed by atoms with van der Waals surface area (Å²) in [6.45, 7) is 3.39. The molecule has 2 unspecified atom stereocenters. The summed E-state index contributed by atoms with van der Waals surface area (Å²) in [4.78, 5) is 25.3. The predicted molar refractivity (Wildman–Crippen MR) is 219 cm³/mol. The summed E-state index contributed by atoms with van der Waals surface area (Å²) in [6, 6.07) is 0. The largest absolute Gasteiger partial charge is 0.462 e. The third-order valence-electron chi connectivity index (χ3n) is 10.3. The van der Waals surface area contributed by atoms with Gasteiger partial charge in [0.05, 0.1) is 13.2 Å². The fourth-order valence-corrected chi connectivity index (χ4v) is 6.76. The minimum atomic E-state index is -1.60. The summed E-state index contributed by atoms with van der Waals surface area (Å²) in [5.74, 6) is -0.853. The van der Waals surface area contributed by atoms with Crippen molar-refractivity contribution >= 4 is 11.9 Å². The van der Waals surface area contributed by atoms with E-state index in [-0.39, 0.29) is 32.0 Å². The quantitative estimate of drug-likeness (QED) is 0.0273. The number of carbonyl (C=O) groups excluding carboxylic acids is 2. The van der Waals surface area contributed by atoms with Gasteiger partial charge in [-0.05, 0) is 38.5 Å². The van der Waals surface area contributed by atoms with Gasteiger partial charge in [0, 0.05) is 12.8 Å². The van der Waals surface area contributed by atoms with Crippen molar-refractivity contribution in [2.75, 3.05) is 19.8 Å². The van der Waals surface area contributed by atoms with Crippen molar-refractivity contribution in [1.82, 2.24) is 0 Å². The van der Waals surface area contributed by atoms with Gasteiger partial charge in [-0.3, -0.25) is 9.59 Å². The van der Waals surface area contributed by atoms with Gasteiger partial charge in [0.15, 0.2) is 12.4 Å². The number of hydrogen-bond donors (Lipinski definition) is 4. The van der Waals surface area contributed by atoms with Crippen LogP contribution in [0.15, 0.2) is 24.3 Å². The maximum atomic E-state index is 12.7. The molecule has 4 N–H and O–H groups in total. The van der Waals surface area contributed by atoms with Crippen molar-refractivity contribution in [2.45, 2.75) is 230 Å². The van der Waals surface area contributed by atoms with Crippen molar-refractivity contribution in [2.24, 2.45) is 0 Å². The molecule has 0 aliphatic carbocycles. The van der Waals surface area contributed by atoms with Crippen LogP contribution in [0, 0.1) is 0 Å². The average Bonchev–Trinajstić information content (AvgIpc) is 3.18. The standard InChI is InChI=1S/C45H82O10/c1-3-5-7-9-11-13-15-17-18-19-20-22-24-26-28-30-32-34-41(48)54-38(37-53-45-44(51)43(50)42(49)39(35-46)55-45)36-52-40(47)33-31-29-27-25-23-21-16-14-12-10-8-6-4-2/h20,22,26,28,38-39,42-46,49-51H,3-19,21,23-25,27,29-37H2,1-2H3/b22-20+,28-26+/t38-,39-,42+,43?,44?,45-/m1/s1. The van der Waals surface area contributed by atoms with Crippen LogP contribution in [0.4, 0.5) is 0 Å². The third kappa shape index (κ3) is 28.3. The monoisotopic (exact) mass is 783 g/mol. The number of hydrogen-bond acceptors (Lipinski definition) is 10. The van der Waals surface area contributed by atoms with Crippen molar-refractivity contribution in [3.63, 3.8) is 0 Å². The van der Waals surface area contributed by atoms with E-state index < -0.39 is 49.4 Å². The third-order valence-corrected chi connectivity index (χ3v) is 10.3. The second-order valence-electron chi connectivity index (χ2n) is 15.5. The fraction of sp³-hybridized carbons (Fsp3) is 0.867. The van der Waals surface area contributed by atoms with Crippen LogP contribution in [0.3, 0.4) is 0 Å². The van der Waals surface area contributed by atoms with Crippen LogP contribution in [0.5, 0.6) is 0 Å². The number of ether oxygens (including phenoxy) is 4. The summed E-state index contributed by atoms with van der Waals surface area (Å²) in [5, 5.41) is 40.0. The zero-order chi connectivity index (χ0) is 40.2. The van der Waals surface area contributed by atoms with Gasteiger partial charge in [-0.2, -0.15) is 0 Å². The first-order chi connectivity index (χ1) is 26.8. The molecular weight excluding hydrogens is 700 g/mol. The van der Waals surface area contributed by atoms with Crippen molar-refractivity contribution in [1.29, 1.82) is 0 Å². The van der Waals surface area contributed by atoms with Crippen LogP contribution in [0.25, 0.3) is 0 Å². The zero-order valence-corrected chi connectivity index (χ0v) is 34.9. The molecule has 1 heterocycles. The number of unbranched alkanes of at least 4 members (excludes halogenated alkanes) is 22. The lowest BCUT2D eigenvalue weighted by atomic mass is 9.99. The number of rotatable bonds is 37. The Labute approximate surface area is 334 Å². The molecule has 10 heteroatoms. The molecule has 55 heavy (non-hydrogen) atoms. The van der Waals surface area contributed by atoms with Gasteiger partial charge in [0.1, 0.15) is 31.0 Å². The van der Waals surface area contributed by atoms with Gasteiger partial charge in [-0.15, -0.1) is 0 Å². The van der Waals surface area contributed by atoms with Crippen molar-refractivity contribution < 1.29 is 49.0 Å². The van der Waals surface area contributed by atoms with Crippen molar-refractivity contribution in [3.8, 4) is 0 Å². The molecule has 1 aliphatic rings. The average molecular weight is 783 g/mol. The lowest BCUT2D eigenvalue weighted by Crippen LogP contribution is -2.59. The van der Waals surface area contributed by atoms with Crippen LogP contribution < -0.4 is 0 Å². The molecule has 0 aromatic carbocycles. The molecule has 0 radical (unpaired) electrons. The smallest absolute Gasteiger partial charge is 0.306 e. The zero-order valence-electron chi connectivity index (χ0n) is 34.9. The number of allylic oxidation sites excluding steroid dienone is 4. The molecule has 0 spiro atoms. The Balaban J connectivity index is 2.36. The highest BCUT2D eigenvalue weighted by Crippen LogP contribution is 2.22. The molecular formula is C45H82O10. The first kappa shape index (κ1) is 51.2. The molecule has 6 atom stereocenters. The first-order valence-electron chi connectivity index (χ1n) is 22.4. The van der Waals surface area contributed by atoms with E-state index in [9.17, 15) is 30.0 Å². The van der Waals surface area contributed by atoms with Crippen LogP contribution >= 0.6 is 0 Å². The van der Waals surface area contributed by atoms with Crippen LogP contribution in [0.2, 0.25) is 0 Å². The molecule has 0 saturated carbocycles.